The van der Waals surface area contributed by atoms with E-state index in [1.54, 1.807) is 10.9 Å². The first kappa shape index (κ1) is 20.1. The minimum atomic E-state index is -4.63. The Morgan fingerprint density at radius 2 is 2.19 bits per heavy atom. The normalized spacial score (nSPS) is 23.4. The number of aromatic nitrogens is 4. The number of nitrogens with one attached hydrogen (secondary N) is 1. The van der Waals surface area contributed by atoms with E-state index in [0.717, 1.165) is 13.0 Å². The summed E-state index contributed by atoms with van der Waals surface area (Å²) in [6.45, 7) is 4.63. The lowest BCUT2D eigenvalue weighted by Crippen LogP contribution is -2.25. The van der Waals surface area contributed by atoms with Gasteiger partial charge in [0.25, 0.3) is 0 Å². The summed E-state index contributed by atoms with van der Waals surface area (Å²) in [4.78, 5) is 30.5. The summed E-state index contributed by atoms with van der Waals surface area (Å²) in [5.41, 5.74) is 1.14. The van der Waals surface area contributed by atoms with Gasteiger partial charge in [-0.05, 0) is 12.3 Å². The lowest BCUT2D eigenvalue weighted by molar-refractivity contribution is -0.0424. The molecule has 2 aromatic heterocycles. The first-order chi connectivity index (χ1) is 12.7. The molecule has 1 aliphatic rings. The zero-order valence-corrected chi connectivity index (χ0v) is 16.0. The number of anilines is 1. The summed E-state index contributed by atoms with van der Waals surface area (Å²) in [7, 11) is -4.63. The summed E-state index contributed by atoms with van der Waals surface area (Å²) in [5, 5.41) is 13.4. The van der Waals surface area contributed by atoms with Crippen LogP contribution in [0.3, 0.4) is 0 Å². The highest BCUT2D eigenvalue weighted by atomic mass is 31.2. The van der Waals surface area contributed by atoms with Gasteiger partial charge in [0.1, 0.15) is 18.7 Å². The van der Waals surface area contributed by atoms with Crippen LogP contribution < -0.4 is 5.32 Å². The Morgan fingerprint density at radius 1 is 1.41 bits per heavy atom. The molecule has 0 spiro atoms. The molecule has 0 bridgehead atoms. The number of rotatable bonds is 8. The molecular formula is C15H24N5O6P. The molecule has 3 atom stereocenters. The van der Waals surface area contributed by atoms with Gasteiger partial charge in [0, 0.05) is 13.0 Å². The molecule has 1 aliphatic heterocycles. The molecule has 150 valence electrons. The van der Waals surface area contributed by atoms with Crippen molar-refractivity contribution in [1.82, 2.24) is 19.5 Å². The second-order valence-electron chi connectivity index (χ2n) is 6.87. The van der Waals surface area contributed by atoms with Crippen LogP contribution >= 0.6 is 7.82 Å². The van der Waals surface area contributed by atoms with Crippen LogP contribution in [-0.4, -0.2) is 59.8 Å². The van der Waals surface area contributed by atoms with Crippen molar-refractivity contribution < 1.29 is 28.7 Å². The van der Waals surface area contributed by atoms with Crippen LogP contribution in [0.1, 0.15) is 32.9 Å². The van der Waals surface area contributed by atoms with Crippen LogP contribution in [0.4, 0.5) is 5.82 Å². The van der Waals surface area contributed by atoms with Crippen LogP contribution in [0.15, 0.2) is 12.7 Å². The van der Waals surface area contributed by atoms with Gasteiger partial charge in [0.2, 0.25) is 0 Å². The zero-order valence-electron chi connectivity index (χ0n) is 15.1. The molecule has 3 rings (SSSR count). The van der Waals surface area contributed by atoms with Crippen molar-refractivity contribution in [3.8, 4) is 0 Å². The lowest BCUT2D eigenvalue weighted by Gasteiger charge is -2.16. The average molecular weight is 401 g/mol. The van der Waals surface area contributed by atoms with E-state index in [1.807, 2.05) is 0 Å². The van der Waals surface area contributed by atoms with E-state index in [4.69, 9.17) is 14.5 Å². The average Bonchev–Trinajstić information content (AvgIpc) is 3.16. The summed E-state index contributed by atoms with van der Waals surface area (Å²) in [5.74, 6) is 1.19. The van der Waals surface area contributed by atoms with E-state index in [2.05, 4.69) is 38.6 Å². The molecule has 27 heavy (non-hydrogen) atoms. The van der Waals surface area contributed by atoms with Gasteiger partial charge in [0.15, 0.2) is 17.0 Å². The van der Waals surface area contributed by atoms with Gasteiger partial charge in [-0.2, -0.15) is 0 Å². The molecule has 0 aromatic carbocycles. The topological polar surface area (TPSA) is 152 Å². The number of nitrogens with zero attached hydrogens (tertiary/aromatic N) is 4. The molecule has 1 saturated heterocycles. The van der Waals surface area contributed by atoms with E-state index in [1.165, 1.54) is 6.33 Å². The van der Waals surface area contributed by atoms with Gasteiger partial charge < -0.3 is 24.9 Å². The predicted octanol–water partition coefficient (Wildman–Crippen LogP) is 1.04. The van der Waals surface area contributed by atoms with Crippen LogP contribution in [0.2, 0.25) is 0 Å². The second-order valence-corrected chi connectivity index (χ2v) is 8.11. The standard InChI is InChI=1S/C15H24N5O6P/c1-9(2)3-4-16-14-13-15(18-7-17-14)20(8-19-13)12-5-10(21)11(26-12)6-25-27(22,23)24/h7-12,21H,3-6H2,1-2H3,(H,16,17,18)(H2,22,23,24)/t10-,11+,12+/m0/s1. The minimum Gasteiger partial charge on any atom is -0.390 e. The van der Waals surface area contributed by atoms with Gasteiger partial charge in [-0.1, -0.05) is 13.8 Å². The monoisotopic (exact) mass is 401 g/mol. The largest absolute Gasteiger partial charge is 0.469 e. The summed E-state index contributed by atoms with van der Waals surface area (Å²) in [6, 6.07) is 0. The molecule has 2 aromatic rings. The molecule has 0 aliphatic carbocycles. The van der Waals surface area contributed by atoms with E-state index in [0.29, 0.717) is 22.9 Å². The van der Waals surface area contributed by atoms with Gasteiger partial charge in [-0.25, -0.2) is 19.5 Å². The van der Waals surface area contributed by atoms with Crippen LogP contribution in [-0.2, 0) is 13.8 Å². The Kier molecular flexibility index (Phi) is 6.09. The minimum absolute atomic E-state index is 0.223. The Hall–Kier alpha value is -1.62. The van der Waals surface area contributed by atoms with Gasteiger partial charge in [-0.3, -0.25) is 9.09 Å². The Morgan fingerprint density at radius 3 is 2.89 bits per heavy atom. The number of phosphoric acid groups is 1. The highest BCUT2D eigenvalue weighted by Gasteiger charge is 2.37. The summed E-state index contributed by atoms with van der Waals surface area (Å²) >= 11 is 0. The molecule has 11 nitrogen and oxygen atoms in total. The predicted molar refractivity (Wildman–Crippen MR) is 95.8 cm³/mol. The van der Waals surface area contributed by atoms with Crippen molar-refractivity contribution >= 4 is 24.8 Å². The van der Waals surface area contributed by atoms with Crippen molar-refractivity contribution in [3.63, 3.8) is 0 Å². The maximum absolute atomic E-state index is 10.8. The van der Waals surface area contributed by atoms with Gasteiger partial charge in [-0.15, -0.1) is 0 Å². The Labute approximate surface area is 156 Å². The maximum atomic E-state index is 10.8. The third kappa shape index (κ3) is 5.01. The smallest absolute Gasteiger partial charge is 0.390 e. The number of hydrogen-bond acceptors (Lipinski definition) is 8. The van der Waals surface area contributed by atoms with Crippen LogP contribution in [0, 0.1) is 5.92 Å². The number of aliphatic hydroxyl groups excluding tert-OH is 1. The third-order valence-electron chi connectivity index (χ3n) is 4.29. The van der Waals surface area contributed by atoms with Crippen LogP contribution in [0.5, 0.6) is 0 Å². The first-order valence-corrected chi connectivity index (χ1v) is 10.2. The molecule has 0 amide bonds. The molecule has 0 unspecified atom stereocenters. The van der Waals surface area contributed by atoms with Gasteiger partial charge >= 0.3 is 7.82 Å². The first-order valence-electron chi connectivity index (χ1n) is 8.69. The number of phosphoric ester groups is 1. The van der Waals surface area contributed by atoms with E-state index in [-0.39, 0.29) is 6.42 Å². The molecule has 0 saturated carbocycles. The number of ether oxygens (including phenoxy) is 1. The highest BCUT2D eigenvalue weighted by molar-refractivity contribution is 7.46. The van der Waals surface area contributed by atoms with Crippen molar-refractivity contribution in [2.75, 3.05) is 18.5 Å². The fourth-order valence-electron chi connectivity index (χ4n) is 2.88. The fourth-order valence-corrected chi connectivity index (χ4v) is 3.22. The highest BCUT2D eigenvalue weighted by Crippen LogP contribution is 2.38. The van der Waals surface area contributed by atoms with Crippen molar-refractivity contribution in [2.24, 2.45) is 5.92 Å². The lowest BCUT2D eigenvalue weighted by atomic mass is 10.1. The number of fused-ring (bicyclic) bond motifs is 1. The van der Waals surface area contributed by atoms with E-state index in [9.17, 15) is 9.67 Å². The van der Waals surface area contributed by atoms with E-state index < -0.39 is 32.9 Å². The molecule has 0 radical (unpaired) electrons. The molecule has 1 fully saturated rings. The fraction of sp³-hybridized carbons (Fsp3) is 0.667. The second kappa shape index (κ2) is 8.17. The van der Waals surface area contributed by atoms with Crippen LogP contribution in [0.25, 0.3) is 11.2 Å². The zero-order chi connectivity index (χ0) is 19.6. The molecule has 4 N–H and O–H groups in total. The molecular weight excluding hydrogens is 377 g/mol. The Bertz CT molecular complexity index is 824. The number of hydrogen-bond donors (Lipinski definition) is 4. The van der Waals surface area contributed by atoms with Crippen molar-refractivity contribution in [3.05, 3.63) is 12.7 Å². The van der Waals surface area contributed by atoms with Gasteiger partial charge in [0.05, 0.1) is 19.0 Å². The molecule has 12 heteroatoms. The Balaban J connectivity index is 1.73. The summed E-state index contributed by atoms with van der Waals surface area (Å²) in [6.07, 6.45) is 1.84. The molecule has 3 heterocycles. The van der Waals surface area contributed by atoms with Crippen molar-refractivity contribution in [2.45, 2.75) is 45.1 Å². The number of aliphatic hydroxyl groups is 1. The van der Waals surface area contributed by atoms with Crippen molar-refractivity contribution in [1.29, 1.82) is 0 Å². The number of imidazole rings is 1. The SMILES string of the molecule is CC(C)CCNc1ncnc2c1ncn2[C@H]1C[C@H](O)[C@@H](COP(=O)(O)O)O1. The third-order valence-corrected chi connectivity index (χ3v) is 4.78. The summed E-state index contributed by atoms with van der Waals surface area (Å²) < 4.78 is 22.7. The maximum Gasteiger partial charge on any atom is 0.469 e. The quantitative estimate of drug-likeness (QED) is 0.472. The van der Waals surface area contributed by atoms with E-state index >= 15 is 0 Å².